The van der Waals surface area contributed by atoms with E-state index in [1.807, 2.05) is 13.8 Å². The molecule has 0 aromatic rings. The second-order valence-electron chi connectivity index (χ2n) is 2.06. The summed E-state index contributed by atoms with van der Waals surface area (Å²) in [5.74, 6) is 0. The molecule has 0 unspecified atom stereocenters. The fraction of sp³-hybridized carbons (Fsp3) is 1.00. The molecule has 0 aliphatic carbocycles. The first kappa shape index (κ1) is 16.0. The summed E-state index contributed by atoms with van der Waals surface area (Å²) in [6, 6.07) is 0.685. The molecule has 0 N–H and O–H groups in total. The number of nitrogens with zero attached hydrogens (tertiary/aromatic N) is 1. The van der Waals surface area contributed by atoms with Crippen molar-refractivity contribution in [3.8, 4) is 0 Å². The summed E-state index contributed by atoms with van der Waals surface area (Å²) >= 11 is 0. The van der Waals surface area contributed by atoms with Crippen LogP contribution in [0.2, 0.25) is 0 Å². The van der Waals surface area contributed by atoms with Crippen molar-refractivity contribution in [1.82, 2.24) is 4.90 Å². The van der Waals surface area contributed by atoms with Crippen molar-refractivity contribution in [2.75, 3.05) is 14.1 Å². The highest BCUT2D eigenvalue weighted by molar-refractivity contribution is 4.46. The van der Waals surface area contributed by atoms with E-state index in [1.165, 1.54) is 0 Å². The minimum absolute atomic E-state index is 0. The van der Waals surface area contributed by atoms with E-state index in [9.17, 15) is 0 Å². The first-order valence-electron chi connectivity index (χ1n) is 3.31. The van der Waals surface area contributed by atoms with E-state index in [4.69, 9.17) is 0 Å². The second kappa shape index (κ2) is 10.9. The quantitative estimate of drug-likeness (QED) is 0.531. The fourth-order valence-corrected chi connectivity index (χ4v) is 0. The molecule has 9 heavy (non-hydrogen) atoms. The van der Waals surface area contributed by atoms with Crippen LogP contribution in [0.15, 0.2) is 0 Å². The Hall–Kier alpha value is -0.0400. The van der Waals surface area contributed by atoms with Gasteiger partial charge in [0, 0.05) is 6.04 Å². The SMILES string of the molecule is C.CC.CC(C)N(C)C. The maximum absolute atomic E-state index is 2.17. The average Bonchev–Trinajstić information content (AvgIpc) is 1.72. The van der Waals surface area contributed by atoms with Crippen molar-refractivity contribution >= 4 is 0 Å². The van der Waals surface area contributed by atoms with Crippen LogP contribution in [0.5, 0.6) is 0 Å². The second-order valence-corrected chi connectivity index (χ2v) is 2.06. The van der Waals surface area contributed by atoms with Gasteiger partial charge in [-0.2, -0.15) is 0 Å². The number of rotatable bonds is 1. The highest BCUT2D eigenvalue weighted by atomic mass is 15.1. The van der Waals surface area contributed by atoms with Crippen LogP contribution in [0.3, 0.4) is 0 Å². The van der Waals surface area contributed by atoms with Gasteiger partial charge in [-0.1, -0.05) is 21.3 Å². The Balaban J connectivity index is -0.000000109. The van der Waals surface area contributed by atoms with E-state index in [2.05, 4.69) is 32.8 Å². The van der Waals surface area contributed by atoms with Gasteiger partial charge in [0.05, 0.1) is 0 Å². The Morgan fingerprint density at radius 1 is 1.00 bits per heavy atom. The van der Waals surface area contributed by atoms with Crippen LogP contribution in [0.1, 0.15) is 35.1 Å². The maximum atomic E-state index is 2.17. The monoisotopic (exact) mass is 133 g/mol. The summed E-state index contributed by atoms with van der Waals surface area (Å²) in [6.45, 7) is 8.33. The topological polar surface area (TPSA) is 3.24 Å². The maximum Gasteiger partial charge on any atom is 0.00324 e. The van der Waals surface area contributed by atoms with Gasteiger partial charge >= 0.3 is 0 Å². The molecular formula is C8H23N. The third-order valence-electron chi connectivity index (χ3n) is 1.03. The lowest BCUT2D eigenvalue weighted by atomic mass is 10.4. The van der Waals surface area contributed by atoms with Crippen molar-refractivity contribution in [2.45, 2.75) is 41.2 Å². The van der Waals surface area contributed by atoms with E-state index >= 15 is 0 Å². The predicted molar refractivity (Wildman–Crippen MR) is 46.9 cm³/mol. The Bertz CT molecular complexity index is 25.5. The van der Waals surface area contributed by atoms with Gasteiger partial charge in [0.25, 0.3) is 0 Å². The van der Waals surface area contributed by atoms with Crippen LogP contribution in [0, 0.1) is 0 Å². The smallest absolute Gasteiger partial charge is 0.00324 e. The summed E-state index contributed by atoms with van der Waals surface area (Å²) in [7, 11) is 4.15. The lowest BCUT2D eigenvalue weighted by molar-refractivity contribution is 0.335. The molecule has 0 heterocycles. The molecule has 0 spiro atoms. The zero-order valence-electron chi connectivity index (χ0n) is 7.02. The molecule has 0 aromatic heterocycles. The summed E-state index contributed by atoms with van der Waals surface area (Å²) in [5.41, 5.74) is 0. The average molecular weight is 133 g/mol. The molecule has 0 saturated carbocycles. The summed E-state index contributed by atoms with van der Waals surface area (Å²) in [4.78, 5) is 2.17. The van der Waals surface area contributed by atoms with Gasteiger partial charge in [0.2, 0.25) is 0 Å². The van der Waals surface area contributed by atoms with Crippen molar-refractivity contribution in [1.29, 1.82) is 0 Å². The summed E-state index contributed by atoms with van der Waals surface area (Å²) in [6.07, 6.45) is 0. The van der Waals surface area contributed by atoms with Crippen LogP contribution < -0.4 is 0 Å². The lowest BCUT2D eigenvalue weighted by Crippen LogP contribution is -2.20. The normalized spacial score (nSPS) is 8.00. The zero-order valence-corrected chi connectivity index (χ0v) is 7.02. The molecule has 0 rings (SSSR count). The Labute approximate surface area is 61.1 Å². The molecule has 0 radical (unpaired) electrons. The lowest BCUT2D eigenvalue weighted by Gasteiger charge is -2.12. The van der Waals surface area contributed by atoms with E-state index < -0.39 is 0 Å². The molecular weight excluding hydrogens is 110 g/mol. The van der Waals surface area contributed by atoms with E-state index in [0.29, 0.717) is 6.04 Å². The van der Waals surface area contributed by atoms with Gasteiger partial charge in [0.15, 0.2) is 0 Å². The Morgan fingerprint density at radius 3 is 1.11 bits per heavy atom. The molecule has 0 fully saturated rings. The van der Waals surface area contributed by atoms with E-state index in [1.54, 1.807) is 0 Å². The van der Waals surface area contributed by atoms with Crippen molar-refractivity contribution in [3.05, 3.63) is 0 Å². The van der Waals surface area contributed by atoms with Gasteiger partial charge in [0.1, 0.15) is 0 Å². The van der Waals surface area contributed by atoms with Gasteiger partial charge in [-0.15, -0.1) is 0 Å². The van der Waals surface area contributed by atoms with Crippen LogP contribution in [-0.4, -0.2) is 25.0 Å². The molecule has 0 atom stereocenters. The zero-order chi connectivity index (χ0) is 7.15. The molecule has 0 amide bonds. The van der Waals surface area contributed by atoms with Crippen molar-refractivity contribution in [3.63, 3.8) is 0 Å². The largest absolute Gasteiger partial charge is 0.307 e. The molecule has 0 saturated heterocycles. The highest BCUT2D eigenvalue weighted by Crippen LogP contribution is 1.84. The Morgan fingerprint density at radius 2 is 1.11 bits per heavy atom. The first-order valence-corrected chi connectivity index (χ1v) is 3.31. The molecule has 0 aromatic carbocycles. The molecule has 0 bridgehead atoms. The van der Waals surface area contributed by atoms with Gasteiger partial charge < -0.3 is 4.90 Å². The number of hydrogen-bond acceptors (Lipinski definition) is 1. The third kappa shape index (κ3) is 18.0. The number of hydrogen-bond donors (Lipinski definition) is 0. The van der Waals surface area contributed by atoms with E-state index in [0.717, 1.165) is 0 Å². The van der Waals surface area contributed by atoms with E-state index in [-0.39, 0.29) is 7.43 Å². The third-order valence-corrected chi connectivity index (χ3v) is 1.03. The molecule has 1 heteroatoms. The van der Waals surface area contributed by atoms with Gasteiger partial charge in [-0.25, -0.2) is 0 Å². The van der Waals surface area contributed by atoms with Gasteiger partial charge in [-0.05, 0) is 27.9 Å². The molecule has 0 aliphatic heterocycles. The van der Waals surface area contributed by atoms with Crippen molar-refractivity contribution < 1.29 is 0 Å². The minimum atomic E-state index is 0. The molecule has 1 nitrogen and oxygen atoms in total. The predicted octanol–water partition coefficient (Wildman–Crippen LogP) is 2.62. The summed E-state index contributed by atoms with van der Waals surface area (Å²) < 4.78 is 0. The van der Waals surface area contributed by atoms with Crippen LogP contribution >= 0.6 is 0 Å². The van der Waals surface area contributed by atoms with Crippen LogP contribution in [0.25, 0.3) is 0 Å². The minimum Gasteiger partial charge on any atom is -0.307 e. The highest BCUT2D eigenvalue weighted by Gasteiger charge is 1.90. The van der Waals surface area contributed by atoms with Crippen molar-refractivity contribution in [2.24, 2.45) is 0 Å². The standard InChI is InChI=1S/C5H13N.C2H6.CH4/c1-5(2)6(3)4;1-2;/h5H,1-4H3;1-2H3;1H4. The molecule has 0 aliphatic rings. The first-order chi connectivity index (χ1) is 3.64. The Kier molecular flexibility index (Phi) is 19.3. The molecule has 60 valence electrons. The van der Waals surface area contributed by atoms with Crippen LogP contribution in [-0.2, 0) is 0 Å². The van der Waals surface area contributed by atoms with Crippen LogP contribution in [0.4, 0.5) is 0 Å². The fourth-order valence-electron chi connectivity index (χ4n) is 0. The van der Waals surface area contributed by atoms with Gasteiger partial charge in [-0.3, -0.25) is 0 Å². The summed E-state index contributed by atoms with van der Waals surface area (Å²) in [5, 5.41) is 0.